The van der Waals surface area contributed by atoms with Gasteiger partial charge in [-0.2, -0.15) is 0 Å². The first-order valence-corrected chi connectivity index (χ1v) is 8.36. The maximum absolute atomic E-state index is 11.8. The lowest BCUT2D eigenvalue weighted by molar-refractivity contribution is -0.119. The van der Waals surface area contributed by atoms with E-state index in [1.165, 1.54) is 11.8 Å². The Morgan fingerprint density at radius 3 is 2.52 bits per heavy atom. The summed E-state index contributed by atoms with van der Waals surface area (Å²) in [6, 6.07) is 1.62. The van der Waals surface area contributed by atoms with Crippen LogP contribution in [0.2, 0.25) is 0 Å². The summed E-state index contributed by atoms with van der Waals surface area (Å²) in [4.78, 5) is 23.5. The Bertz CT molecular complexity index is 496. The SMILES string of the molecule is Cc1cc(NC(=O)CSCC(=O)NC(CN)CC(C)C)no1.Cl. The normalized spacial score (nSPS) is 11.7. The average Bonchev–Trinajstić information content (AvgIpc) is 2.82. The Hall–Kier alpha value is -1.25. The van der Waals surface area contributed by atoms with Crippen molar-refractivity contribution >= 4 is 41.8 Å². The summed E-state index contributed by atoms with van der Waals surface area (Å²) < 4.78 is 4.85. The number of hydrogen-bond donors (Lipinski definition) is 3. The van der Waals surface area contributed by atoms with Crippen molar-refractivity contribution < 1.29 is 14.1 Å². The average molecular weight is 365 g/mol. The highest BCUT2D eigenvalue weighted by atomic mass is 35.5. The molecule has 2 amide bonds. The molecule has 0 aliphatic carbocycles. The molecule has 0 saturated heterocycles. The zero-order valence-electron chi connectivity index (χ0n) is 13.6. The Labute approximate surface area is 146 Å². The number of aromatic nitrogens is 1. The maximum Gasteiger partial charge on any atom is 0.235 e. The third-order valence-corrected chi connectivity index (χ3v) is 3.70. The predicted molar refractivity (Wildman–Crippen MR) is 94.9 cm³/mol. The molecule has 1 aromatic heterocycles. The van der Waals surface area contributed by atoms with Gasteiger partial charge in [-0.05, 0) is 19.3 Å². The standard InChI is InChI=1S/C14H24N4O3S.ClH/c1-9(2)4-11(6-15)16-13(19)7-22-8-14(20)17-12-5-10(3)21-18-12;/h5,9,11H,4,6-8,15H2,1-3H3,(H,16,19)(H,17,18,20);1H. The second-order valence-electron chi connectivity index (χ2n) is 5.49. The first-order valence-electron chi connectivity index (χ1n) is 7.21. The van der Waals surface area contributed by atoms with E-state index in [0.717, 1.165) is 6.42 Å². The van der Waals surface area contributed by atoms with Crippen molar-refractivity contribution in [3.05, 3.63) is 11.8 Å². The number of aryl methyl sites for hydroxylation is 1. The van der Waals surface area contributed by atoms with Gasteiger partial charge in [-0.3, -0.25) is 9.59 Å². The van der Waals surface area contributed by atoms with Gasteiger partial charge in [0.25, 0.3) is 0 Å². The number of amides is 2. The van der Waals surface area contributed by atoms with Gasteiger partial charge in [0.2, 0.25) is 11.8 Å². The molecule has 7 nitrogen and oxygen atoms in total. The summed E-state index contributed by atoms with van der Waals surface area (Å²) in [5.74, 6) is 1.55. The van der Waals surface area contributed by atoms with E-state index >= 15 is 0 Å². The number of rotatable bonds is 9. The molecule has 0 spiro atoms. The minimum atomic E-state index is -0.219. The van der Waals surface area contributed by atoms with Gasteiger partial charge in [-0.1, -0.05) is 19.0 Å². The number of nitrogens with two attached hydrogens (primary N) is 1. The molecule has 1 aromatic rings. The van der Waals surface area contributed by atoms with Crippen molar-refractivity contribution in [1.82, 2.24) is 10.5 Å². The number of carbonyl (C=O) groups excluding carboxylic acids is 2. The molecule has 9 heteroatoms. The van der Waals surface area contributed by atoms with Crippen molar-refractivity contribution in [3.8, 4) is 0 Å². The second-order valence-corrected chi connectivity index (χ2v) is 6.48. The molecular weight excluding hydrogens is 340 g/mol. The van der Waals surface area contributed by atoms with Gasteiger partial charge in [0.1, 0.15) is 5.76 Å². The summed E-state index contributed by atoms with van der Waals surface area (Å²) >= 11 is 1.24. The first-order chi connectivity index (χ1) is 10.4. The van der Waals surface area contributed by atoms with Crippen molar-refractivity contribution in [2.75, 3.05) is 23.4 Å². The second kappa shape index (κ2) is 11.3. The molecular formula is C14H25ClN4O3S. The van der Waals surface area contributed by atoms with E-state index in [0.29, 0.717) is 24.0 Å². The summed E-state index contributed by atoms with van der Waals surface area (Å²) in [5, 5.41) is 9.15. The van der Waals surface area contributed by atoms with E-state index in [1.807, 2.05) is 0 Å². The van der Waals surface area contributed by atoms with Gasteiger partial charge in [-0.25, -0.2) is 0 Å². The van der Waals surface area contributed by atoms with Gasteiger partial charge >= 0.3 is 0 Å². The Morgan fingerprint density at radius 1 is 1.35 bits per heavy atom. The van der Waals surface area contributed by atoms with E-state index in [4.69, 9.17) is 10.3 Å². The largest absolute Gasteiger partial charge is 0.360 e. The van der Waals surface area contributed by atoms with Gasteiger partial charge in [-0.15, -0.1) is 24.2 Å². The lowest BCUT2D eigenvalue weighted by Gasteiger charge is -2.18. The van der Waals surface area contributed by atoms with Crippen LogP contribution < -0.4 is 16.4 Å². The molecule has 1 rings (SSSR count). The van der Waals surface area contributed by atoms with Crippen LogP contribution in [0.3, 0.4) is 0 Å². The molecule has 1 atom stereocenters. The molecule has 132 valence electrons. The lowest BCUT2D eigenvalue weighted by atomic mass is 10.0. The van der Waals surface area contributed by atoms with E-state index < -0.39 is 0 Å². The Morgan fingerprint density at radius 2 is 2.00 bits per heavy atom. The van der Waals surface area contributed by atoms with Crippen molar-refractivity contribution in [2.24, 2.45) is 11.7 Å². The van der Waals surface area contributed by atoms with Crippen LogP contribution in [0.15, 0.2) is 10.6 Å². The summed E-state index contributed by atoms with van der Waals surface area (Å²) in [7, 11) is 0. The number of thioether (sulfide) groups is 1. The fourth-order valence-corrected chi connectivity index (χ4v) is 2.52. The smallest absolute Gasteiger partial charge is 0.235 e. The quantitative estimate of drug-likeness (QED) is 0.613. The van der Waals surface area contributed by atoms with Gasteiger partial charge in [0.15, 0.2) is 5.82 Å². The lowest BCUT2D eigenvalue weighted by Crippen LogP contribution is -2.42. The fraction of sp³-hybridized carbons (Fsp3) is 0.643. The molecule has 0 radical (unpaired) electrons. The molecule has 0 fully saturated rings. The number of hydrogen-bond acceptors (Lipinski definition) is 6. The molecule has 0 aromatic carbocycles. The number of carbonyl (C=O) groups is 2. The maximum atomic E-state index is 11.8. The summed E-state index contributed by atoms with van der Waals surface area (Å²) in [6.45, 7) is 6.33. The van der Waals surface area contributed by atoms with Crippen molar-refractivity contribution in [3.63, 3.8) is 0 Å². The van der Waals surface area contributed by atoms with Crippen LogP contribution in [0.5, 0.6) is 0 Å². The number of nitrogens with zero attached hydrogens (tertiary/aromatic N) is 1. The third kappa shape index (κ3) is 9.47. The van der Waals surface area contributed by atoms with Crippen LogP contribution in [-0.4, -0.2) is 41.1 Å². The summed E-state index contributed by atoms with van der Waals surface area (Å²) in [5.41, 5.74) is 5.63. The van der Waals surface area contributed by atoms with Gasteiger partial charge < -0.3 is 20.9 Å². The minimum Gasteiger partial charge on any atom is -0.360 e. The molecule has 4 N–H and O–H groups in total. The monoisotopic (exact) mass is 364 g/mol. The highest BCUT2D eigenvalue weighted by Gasteiger charge is 2.13. The topological polar surface area (TPSA) is 110 Å². The molecule has 0 aliphatic heterocycles. The van der Waals surface area contributed by atoms with Crippen LogP contribution in [-0.2, 0) is 9.59 Å². The van der Waals surface area contributed by atoms with E-state index in [2.05, 4.69) is 29.6 Å². The van der Waals surface area contributed by atoms with Crippen LogP contribution >= 0.6 is 24.2 Å². The summed E-state index contributed by atoms with van der Waals surface area (Å²) in [6.07, 6.45) is 0.846. The van der Waals surface area contributed by atoms with Crippen LogP contribution in [0.25, 0.3) is 0 Å². The Kier molecular flexibility index (Phi) is 10.7. The van der Waals surface area contributed by atoms with Crippen LogP contribution in [0, 0.1) is 12.8 Å². The first kappa shape index (κ1) is 21.8. The molecule has 23 heavy (non-hydrogen) atoms. The zero-order valence-corrected chi connectivity index (χ0v) is 15.3. The highest BCUT2D eigenvalue weighted by molar-refractivity contribution is 8.00. The Balaban J connectivity index is 0.00000484. The number of anilines is 1. The van der Waals surface area contributed by atoms with Crippen LogP contribution in [0.4, 0.5) is 5.82 Å². The molecule has 0 aliphatic rings. The van der Waals surface area contributed by atoms with Gasteiger partial charge in [0, 0.05) is 18.7 Å². The predicted octanol–water partition coefficient (Wildman–Crippen LogP) is 1.57. The molecule has 0 saturated carbocycles. The van der Waals surface area contributed by atoms with Gasteiger partial charge in [0.05, 0.1) is 11.5 Å². The van der Waals surface area contributed by atoms with Crippen molar-refractivity contribution in [1.29, 1.82) is 0 Å². The van der Waals surface area contributed by atoms with E-state index in [1.54, 1.807) is 13.0 Å². The minimum absolute atomic E-state index is 0. The highest BCUT2D eigenvalue weighted by Crippen LogP contribution is 2.09. The molecule has 1 heterocycles. The number of halogens is 1. The van der Waals surface area contributed by atoms with Crippen molar-refractivity contribution in [2.45, 2.75) is 33.2 Å². The zero-order chi connectivity index (χ0) is 16.5. The van der Waals surface area contributed by atoms with E-state index in [9.17, 15) is 9.59 Å². The third-order valence-electron chi connectivity index (χ3n) is 2.77. The number of nitrogens with one attached hydrogen (secondary N) is 2. The fourth-order valence-electron chi connectivity index (χ4n) is 1.89. The van der Waals surface area contributed by atoms with Crippen LogP contribution in [0.1, 0.15) is 26.0 Å². The molecule has 0 bridgehead atoms. The molecule has 1 unspecified atom stereocenters. The van der Waals surface area contributed by atoms with E-state index in [-0.39, 0.29) is 41.8 Å².